The van der Waals surface area contributed by atoms with E-state index in [1.807, 2.05) is 12.2 Å². The first-order valence-electron chi connectivity index (χ1n) is 17.6. The molecule has 254 valence electrons. The summed E-state index contributed by atoms with van der Waals surface area (Å²) < 4.78 is 5.79. The molecule has 45 heavy (non-hydrogen) atoms. The van der Waals surface area contributed by atoms with Crippen LogP contribution in [-0.2, 0) is 19.1 Å². The molecule has 0 aliphatic rings. The highest BCUT2D eigenvalue weighted by Crippen LogP contribution is 2.13. The summed E-state index contributed by atoms with van der Waals surface area (Å²) in [6.07, 6.45) is 44.5. The van der Waals surface area contributed by atoms with Gasteiger partial charge in [0.1, 0.15) is 12.6 Å². The second-order valence-corrected chi connectivity index (χ2v) is 11.4. The van der Waals surface area contributed by atoms with Gasteiger partial charge in [0.2, 0.25) is 5.91 Å². The zero-order chi connectivity index (χ0) is 33.1. The molecule has 0 fully saturated rings. The molecule has 1 amide bonds. The molecule has 0 heterocycles. The first-order chi connectivity index (χ1) is 22.0. The highest BCUT2D eigenvalue weighted by molar-refractivity contribution is 5.80. The normalized spacial score (nSPS) is 12.9. The third kappa shape index (κ3) is 33.6. The lowest BCUT2D eigenvalue weighted by atomic mass is 10.1. The number of carboxylic acid groups (broad SMARTS) is 1. The number of esters is 1. The van der Waals surface area contributed by atoms with Crippen LogP contribution in [0.1, 0.15) is 142 Å². The van der Waals surface area contributed by atoms with E-state index in [0.29, 0.717) is 25.7 Å². The SMILES string of the molecule is CC/C=C\C/C=C\C/C=C\C/C=C\C/C=C\C(CCCCC(=O)NCC(=O)O)OC(=O)CCCCCCC/C=C\CCCCC. The molecule has 1 atom stereocenters. The molecule has 0 radical (unpaired) electrons. The number of carboxylic acids is 1. The molecule has 0 aromatic heterocycles. The number of allylic oxidation sites excluding steroid dienone is 11. The molecule has 0 saturated carbocycles. The van der Waals surface area contributed by atoms with E-state index in [0.717, 1.165) is 57.8 Å². The number of ether oxygens (including phenoxy) is 1. The number of amides is 1. The van der Waals surface area contributed by atoms with Crippen molar-refractivity contribution in [2.24, 2.45) is 0 Å². The van der Waals surface area contributed by atoms with Crippen molar-refractivity contribution in [2.45, 2.75) is 148 Å². The molecular weight excluding hydrogens is 562 g/mol. The van der Waals surface area contributed by atoms with E-state index in [4.69, 9.17) is 9.84 Å². The molecule has 0 aromatic rings. The van der Waals surface area contributed by atoms with Crippen molar-refractivity contribution >= 4 is 17.8 Å². The summed E-state index contributed by atoms with van der Waals surface area (Å²) >= 11 is 0. The van der Waals surface area contributed by atoms with Crippen LogP contribution in [0, 0.1) is 0 Å². The molecule has 0 rings (SSSR count). The van der Waals surface area contributed by atoms with Gasteiger partial charge in [0.25, 0.3) is 0 Å². The molecule has 0 spiro atoms. The van der Waals surface area contributed by atoms with E-state index in [9.17, 15) is 14.4 Å². The molecule has 0 aliphatic heterocycles. The smallest absolute Gasteiger partial charge is 0.322 e. The van der Waals surface area contributed by atoms with E-state index in [-0.39, 0.29) is 30.9 Å². The van der Waals surface area contributed by atoms with Crippen LogP contribution in [0.25, 0.3) is 0 Å². The fraction of sp³-hybridized carbons (Fsp3) is 0.615. The number of carbonyl (C=O) groups excluding carboxylic acids is 2. The van der Waals surface area contributed by atoms with Crippen molar-refractivity contribution in [2.75, 3.05) is 6.54 Å². The molecule has 0 saturated heterocycles. The molecule has 0 aliphatic carbocycles. The summed E-state index contributed by atoms with van der Waals surface area (Å²) in [5.74, 6) is -1.50. The maximum Gasteiger partial charge on any atom is 0.322 e. The molecule has 1 unspecified atom stereocenters. The van der Waals surface area contributed by atoms with Crippen LogP contribution in [0.5, 0.6) is 0 Å². The maximum absolute atomic E-state index is 12.6. The number of hydrogen-bond acceptors (Lipinski definition) is 4. The Morgan fingerprint density at radius 2 is 1.16 bits per heavy atom. The van der Waals surface area contributed by atoms with Crippen molar-refractivity contribution in [3.63, 3.8) is 0 Å². The monoisotopic (exact) mass is 625 g/mol. The number of unbranched alkanes of at least 4 members (excludes halogenated alkanes) is 9. The van der Waals surface area contributed by atoms with Crippen LogP contribution in [-0.4, -0.2) is 35.6 Å². The number of carbonyl (C=O) groups is 3. The fourth-order valence-corrected chi connectivity index (χ4v) is 4.51. The van der Waals surface area contributed by atoms with E-state index in [2.05, 4.69) is 79.9 Å². The summed E-state index contributed by atoms with van der Waals surface area (Å²) in [5, 5.41) is 11.1. The summed E-state index contributed by atoms with van der Waals surface area (Å²) in [6, 6.07) is 0. The standard InChI is InChI=1S/C39H63NO5/c1-3-5-7-9-11-13-15-17-18-19-21-23-25-27-31-36(32-29-30-33-37(41)40-35-38(42)43)45-39(44)34-28-26-24-22-20-16-14-12-10-8-6-4-2/h5,7,11-14,17-18,21,23,27,31,36H,3-4,6,8-10,15-16,19-20,22,24-26,28-30,32-35H2,1-2H3,(H,40,41)(H,42,43)/b7-5-,13-11-,14-12-,18-17-,23-21-,31-27-. The Hall–Kier alpha value is -3.15. The summed E-state index contributed by atoms with van der Waals surface area (Å²) in [5.41, 5.74) is 0. The predicted molar refractivity (Wildman–Crippen MR) is 189 cm³/mol. The third-order valence-corrected chi connectivity index (χ3v) is 7.10. The molecule has 0 aromatic carbocycles. The minimum Gasteiger partial charge on any atom is -0.480 e. The molecule has 6 nitrogen and oxygen atoms in total. The topological polar surface area (TPSA) is 92.7 Å². The number of aliphatic carboxylic acids is 1. The zero-order valence-electron chi connectivity index (χ0n) is 28.4. The molecule has 0 bridgehead atoms. The molecule has 2 N–H and O–H groups in total. The van der Waals surface area contributed by atoms with E-state index in [1.54, 1.807) is 0 Å². The summed E-state index contributed by atoms with van der Waals surface area (Å²) in [7, 11) is 0. The highest BCUT2D eigenvalue weighted by Gasteiger charge is 2.12. The predicted octanol–water partition coefficient (Wildman–Crippen LogP) is 10.3. The van der Waals surface area contributed by atoms with Crippen molar-refractivity contribution in [1.29, 1.82) is 0 Å². The van der Waals surface area contributed by atoms with Gasteiger partial charge in [-0.2, -0.15) is 0 Å². The van der Waals surface area contributed by atoms with Crippen LogP contribution < -0.4 is 5.32 Å². The van der Waals surface area contributed by atoms with Crippen LogP contribution in [0.4, 0.5) is 0 Å². The largest absolute Gasteiger partial charge is 0.480 e. The average Bonchev–Trinajstić information content (AvgIpc) is 3.02. The Balaban J connectivity index is 4.43. The van der Waals surface area contributed by atoms with Gasteiger partial charge in [-0.05, 0) is 89.5 Å². The van der Waals surface area contributed by atoms with Gasteiger partial charge < -0.3 is 15.2 Å². The minimum absolute atomic E-state index is 0.171. The summed E-state index contributed by atoms with van der Waals surface area (Å²) in [4.78, 5) is 35.0. The van der Waals surface area contributed by atoms with Gasteiger partial charge in [0, 0.05) is 12.8 Å². The lowest BCUT2D eigenvalue weighted by Gasteiger charge is -2.14. The fourth-order valence-electron chi connectivity index (χ4n) is 4.51. The van der Waals surface area contributed by atoms with E-state index >= 15 is 0 Å². The lowest BCUT2D eigenvalue weighted by Crippen LogP contribution is -2.28. The Morgan fingerprint density at radius 3 is 1.76 bits per heavy atom. The van der Waals surface area contributed by atoms with Crippen molar-refractivity contribution in [3.8, 4) is 0 Å². The van der Waals surface area contributed by atoms with Gasteiger partial charge in [0.15, 0.2) is 0 Å². The molecule has 6 heteroatoms. The van der Waals surface area contributed by atoms with Gasteiger partial charge in [-0.15, -0.1) is 0 Å². The van der Waals surface area contributed by atoms with Gasteiger partial charge >= 0.3 is 11.9 Å². The number of hydrogen-bond donors (Lipinski definition) is 2. The van der Waals surface area contributed by atoms with Gasteiger partial charge in [-0.3, -0.25) is 14.4 Å². The Bertz CT molecular complexity index is 912. The van der Waals surface area contributed by atoms with Crippen LogP contribution in [0.15, 0.2) is 72.9 Å². The third-order valence-electron chi connectivity index (χ3n) is 7.10. The van der Waals surface area contributed by atoms with Crippen molar-refractivity contribution < 1.29 is 24.2 Å². The Kier molecular flexibility index (Phi) is 31.4. The average molecular weight is 626 g/mol. The summed E-state index contributed by atoms with van der Waals surface area (Å²) in [6.45, 7) is 4.00. The van der Waals surface area contributed by atoms with Gasteiger partial charge in [0.05, 0.1) is 0 Å². The number of rotatable bonds is 30. The maximum atomic E-state index is 12.6. The number of nitrogens with one attached hydrogen (secondary N) is 1. The lowest BCUT2D eigenvalue weighted by molar-refractivity contribution is -0.147. The first kappa shape index (κ1) is 41.9. The minimum atomic E-state index is -1.06. The van der Waals surface area contributed by atoms with Crippen LogP contribution in [0.3, 0.4) is 0 Å². The van der Waals surface area contributed by atoms with Gasteiger partial charge in [-0.1, -0.05) is 113 Å². The second kappa shape index (κ2) is 33.7. The van der Waals surface area contributed by atoms with Crippen LogP contribution in [0.2, 0.25) is 0 Å². The molecular formula is C39H63NO5. The van der Waals surface area contributed by atoms with Crippen molar-refractivity contribution in [1.82, 2.24) is 5.32 Å². The first-order valence-corrected chi connectivity index (χ1v) is 17.6. The van der Waals surface area contributed by atoms with Gasteiger partial charge in [-0.25, -0.2) is 0 Å². The quantitative estimate of drug-likeness (QED) is 0.0471. The Morgan fingerprint density at radius 1 is 0.622 bits per heavy atom. The van der Waals surface area contributed by atoms with E-state index < -0.39 is 5.97 Å². The highest BCUT2D eigenvalue weighted by atomic mass is 16.5. The van der Waals surface area contributed by atoms with E-state index in [1.165, 1.54) is 38.5 Å². The second-order valence-electron chi connectivity index (χ2n) is 11.4. The zero-order valence-corrected chi connectivity index (χ0v) is 28.4. The van der Waals surface area contributed by atoms with Crippen molar-refractivity contribution in [3.05, 3.63) is 72.9 Å². The Labute approximate surface area is 274 Å². The van der Waals surface area contributed by atoms with Crippen LogP contribution >= 0.6 is 0 Å².